The summed E-state index contributed by atoms with van der Waals surface area (Å²) in [7, 11) is 9.24. The molecule has 6 nitrogen and oxygen atoms in total. The average molecular weight is 336 g/mol. The fourth-order valence-corrected chi connectivity index (χ4v) is 2.04. The summed E-state index contributed by atoms with van der Waals surface area (Å²) in [6, 6.07) is 5.99. The number of benzene rings is 1. The van der Waals surface area contributed by atoms with E-state index in [9.17, 15) is 0 Å². The van der Waals surface area contributed by atoms with Gasteiger partial charge >= 0.3 is 0 Å². The molecule has 1 aromatic rings. The minimum Gasteiger partial charge on any atom is -0.493 e. The zero-order valence-electron chi connectivity index (χ0n) is 16.1. The molecule has 0 unspecified atom stereocenters. The molecule has 0 radical (unpaired) electrons. The van der Waals surface area contributed by atoms with Gasteiger partial charge in [-0.2, -0.15) is 0 Å². The summed E-state index contributed by atoms with van der Waals surface area (Å²) >= 11 is 0. The molecule has 0 amide bonds. The second-order valence-corrected chi connectivity index (χ2v) is 6.50. The Labute approximate surface area is 146 Å². The van der Waals surface area contributed by atoms with E-state index in [4.69, 9.17) is 9.47 Å². The van der Waals surface area contributed by atoms with E-state index in [0.29, 0.717) is 0 Å². The van der Waals surface area contributed by atoms with E-state index in [-0.39, 0.29) is 5.54 Å². The van der Waals surface area contributed by atoms with Crippen LogP contribution in [0.25, 0.3) is 0 Å². The van der Waals surface area contributed by atoms with Gasteiger partial charge in [-0.3, -0.25) is 4.99 Å². The lowest BCUT2D eigenvalue weighted by Gasteiger charge is -2.33. The van der Waals surface area contributed by atoms with Crippen molar-refractivity contribution in [3.63, 3.8) is 0 Å². The second kappa shape index (κ2) is 9.37. The van der Waals surface area contributed by atoms with Crippen LogP contribution in [-0.2, 0) is 6.42 Å². The van der Waals surface area contributed by atoms with E-state index < -0.39 is 0 Å². The first-order chi connectivity index (χ1) is 11.3. The minimum absolute atomic E-state index is 0.0565. The zero-order valence-corrected chi connectivity index (χ0v) is 16.1. The topological polar surface area (TPSA) is 58.1 Å². The van der Waals surface area contributed by atoms with Gasteiger partial charge in [0, 0.05) is 25.7 Å². The van der Waals surface area contributed by atoms with Crippen LogP contribution >= 0.6 is 0 Å². The van der Waals surface area contributed by atoms with Crippen molar-refractivity contribution >= 4 is 5.96 Å². The summed E-state index contributed by atoms with van der Waals surface area (Å²) in [5.41, 5.74) is 1.24. The third kappa shape index (κ3) is 5.92. The van der Waals surface area contributed by atoms with E-state index in [2.05, 4.69) is 48.5 Å². The fraction of sp³-hybridized carbons (Fsp3) is 0.611. The Hall–Kier alpha value is -1.95. The van der Waals surface area contributed by atoms with Crippen LogP contribution in [-0.4, -0.2) is 64.9 Å². The van der Waals surface area contributed by atoms with Crippen LogP contribution in [0, 0.1) is 0 Å². The van der Waals surface area contributed by atoms with Crippen LogP contribution in [0.4, 0.5) is 0 Å². The molecule has 0 spiro atoms. The lowest BCUT2D eigenvalue weighted by Crippen LogP contribution is -2.51. The van der Waals surface area contributed by atoms with Crippen LogP contribution in [0.3, 0.4) is 0 Å². The van der Waals surface area contributed by atoms with Crippen LogP contribution < -0.4 is 20.1 Å². The predicted molar refractivity (Wildman–Crippen MR) is 100 cm³/mol. The molecule has 0 aromatic heterocycles. The number of likely N-dealkylation sites (N-methyl/N-ethyl adjacent to an activating group) is 1. The molecule has 24 heavy (non-hydrogen) atoms. The molecule has 0 saturated carbocycles. The molecule has 0 fully saturated rings. The third-order valence-corrected chi connectivity index (χ3v) is 4.28. The van der Waals surface area contributed by atoms with Gasteiger partial charge in [-0.05, 0) is 52.1 Å². The molecule has 0 aliphatic carbocycles. The maximum Gasteiger partial charge on any atom is 0.191 e. The molecule has 0 bridgehead atoms. The molecule has 136 valence electrons. The minimum atomic E-state index is 0.0565. The van der Waals surface area contributed by atoms with Gasteiger partial charge in [0.2, 0.25) is 0 Å². The second-order valence-electron chi connectivity index (χ2n) is 6.50. The van der Waals surface area contributed by atoms with Crippen LogP contribution in [0.1, 0.15) is 19.4 Å². The van der Waals surface area contributed by atoms with Crippen LogP contribution in [0.5, 0.6) is 11.5 Å². The Morgan fingerprint density at radius 3 is 2.33 bits per heavy atom. The van der Waals surface area contributed by atoms with Crippen molar-refractivity contribution in [2.75, 3.05) is 48.5 Å². The van der Waals surface area contributed by atoms with Crippen molar-refractivity contribution in [1.29, 1.82) is 0 Å². The molecular weight excluding hydrogens is 304 g/mol. The maximum atomic E-state index is 5.34. The molecule has 0 aliphatic heterocycles. The summed E-state index contributed by atoms with van der Waals surface area (Å²) < 4.78 is 10.6. The normalized spacial score (nSPS) is 12.2. The highest BCUT2D eigenvalue weighted by molar-refractivity contribution is 5.79. The molecule has 1 rings (SSSR count). The summed E-state index contributed by atoms with van der Waals surface area (Å²) in [6.07, 6.45) is 0.873. The highest BCUT2D eigenvalue weighted by Gasteiger charge is 2.20. The largest absolute Gasteiger partial charge is 0.493 e. The van der Waals surface area contributed by atoms with Crippen molar-refractivity contribution in [2.24, 2.45) is 4.99 Å². The van der Waals surface area contributed by atoms with Gasteiger partial charge in [0.15, 0.2) is 17.5 Å². The lowest BCUT2D eigenvalue weighted by atomic mass is 10.0. The molecule has 0 aliphatic rings. The standard InChI is InChI=1S/C18H32N4O2/c1-18(2,22(4)5)13-21-17(19-3)20-11-10-14-8-9-15(23-6)16(12-14)24-7/h8-9,12H,10-11,13H2,1-7H3,(H2,19,20,21). The maximum absolute atomic E-state index is 5.34. The Kier molecular flexibility index (Phi) is 7.85. The number of ether oxygens (including phenoxy) is 2. The van der Waals surface area contributed by atoms with Gasteiger partial charge < -0.3 is 25.0 Å². The van der Waals surface area contributed by atoms with Gasteiger partial charge in [-0.25, -0.2) is 0 Å². The number of nitrogens with one attached hydrogen (secondary N) is 2. The molecule has 0 saturated heterocycles. The Balaban J connectivity index is 2.50. The number of hydrogen-bond donors (Lipinski definition) is 2. The lowest BCUT2D eigenvalue weighted by molar-refractivity contribution is 0.197. The SMILES string of the molecule is CN=C(NCCc1ccc(OC)c(OC)c1)NCC(C)(C)N(C)C. The van der Waals surface area contributed by atoms with E-state index in [1.807, 2.05) is 18.2 Å². The fourth-order valence-electron chi connectivity index (χ4n) is 2.04. The third-order valence-electron chi connectivity index (χ3n) is 4.28. The zero-order chi connectivity index (χ0) is 18.2. The van der Waals surface area contributed by atoms with E-state index >= 15 is 0 Å². The molecule has 2 N–H and O–H groups in total. The van der Waals surface area contributed by atoms with Gasteiger partial charge in [-0.15, -0.1) is 0 Å². The van der Waals surface area contributed by atoms with Crippen molar-refractivity contribution in [3.8, 4) is 11.5 Å². The molecular formula is C18H32N4O2. The van der Waals surface area contributed by atoms with Crippen molar-refractivity contribution in [1.82, 2.24) is 15.5 Å². The Bertz CT molecular complexity index is 542. The molecule has 0 heterocycles. The van der Waals surface area contributed by atoms with Crippen molar-refractivity contribution < 1.29 is 9.47 Å². The van der Waals surface area contributed by atoms with E-state index in [0.717, 1.165) is 37.0 Å². The predicted octanol–water partition coefficient (Wildman–Crippen LogP) is 1.75. The number of rotatable bonds is 8. The first kappa shape index (κ1) is 20.1. The average Bonchev–Trinajstić information content (AvgIpc) is 2.57. The van der Waals surface area contributed by atoms with Gasteiger partial charge in [0.1, 0.15) is 0 Å². The summed E-state index contributed by atoms with van der Waals surface area (Å²) in [5, 5.41) is 6.71. The summed E-state index contributed by atoms with van der Waals surface area (Å²) in [6.45, 7) is 5.99. The number of nitrogens with zero attached hydrogens (tertiary/aromatic N) is 2. The number of methoxy groups -OCH3 is 2. The number of hydrogen-bond acceptors (Lipinski definition) is 4. The van der Waals surface area contributed by atoms with Crippen LogP contribution in [0.15, 0.2) is 23.2 Å². The first-order valence-electron chi connectivity index (χ1n) is 8.17. The number of aliphatic imine (C=N–C) groups is 1. The summed E-state index contributed by atoms with van der Waals surface area (Å²) in [5.74, 6) is 2.31. The van der Waals surface area contributed by atoms with Crippen molar-refractivity contribution in [3.05, 3.63) is 23.8 Å². The summed E-state index contributed by atoms with van der Waals surface area (Å²) in [4.78, 5) is 6.47. The first-order valence-corrected chi connectivity index (χ1v) is 8.17. The van der Waals surface area contributed by atoms with Crippen LogP contribution in [0.2, 0.25) is 0 Å². The smallest absolute Gasteiger partial charge is 0.191 e. The Morgan fingerprint density at radius 2 is 1.79 bits per heavy atom. The van der Waals surface area contributed by atoms with Crippen molar-refractivity contribution in [2.45, 2.75) is 25.8 Å². The van der Waals surface area contributed by atoms with E-state index in [1.165, 1.54) is 5.56 Å². The highest BCUT2D eigenvalue weighted by atomic mass is 16.5. The Morgan fingerprint density at radius 1 is 1.12 bits per heavy atom. The monoisotopic (exact) mass is 336 g/mol. The number of guanidine groups is 1. The van der Waals surface area contributed by atoms with Gasteiger partial charge in [-0.1, -0.05) is 6.07 Å². The quantitative estimate of drug-likeness (QED) is 0.559. The van der Waals surface area contributed by atoms with E-state index in [1.54, 1.807) is 21.3 Å². The highest BCUT2D eigenvalue weighted by Crippen LogP contribution is 2.27. The molecule has 0 atom stereocenters. The molecule has 1 aromatic carbocycles. The molecule has 6 heteroatoms. The van der Waals surface area contributed by atoms with Gasteiger partial charge in [0.25, 0.3) is 0 Å². The van der Waals surface area contributed by atoms with Gasteiger partial charge in [0.05, 0.1) is 14.2 Å².